The molecule has 2 heterocycles. The van der Waals surface area contributed by atoms with Crippen LogP contribution in [0.1, 0.15) is 26.3 Å². The number of benzene rings is 1. The Morgan fingerprint density at radius 1 is 1.28 bits per heavy atom. The van der Waals surface area contributed by atoms with Gasteiger partial charge in [-0.1, -0.05) is 31.7 Å². The first-order chi connectivity index (χ1) is 15.2. The van der Waals surface area contributed by atoms with E-state index in [1.807, 2.05) is 0 Å². The molecule has 0 aliphatic rings. The van der Waals surface area contributed by atoms with Crippen molar-refractivity contribution in [2.45, 2.75) is 43.0 Å². The molecule has 3 N–H and O–H groups in total. The third-order valence-corrected chi connectivity index (χ3v) is 8.09. The summed E-state index contributed by atoms with van der Waals surface area (Å²) in [6, 6.07) is 8.25. The third-order valence-electron chi connectivity index (χ3n) is 4.84. The van der Waals surface area contributed by atoms with E-state index in [1.54, 1.807) is 52.0 Å². The standard InChI is InChI=1S/C20H26N6O4S2/c1-5-25(6-2)32(28,29)17-12-15(10-9-13(17)3)22-19(27)14(4)31-20-24-23-18(26(20)21)16-8-7-11-30-16/h7-12,14H,5-6,21H2,1-4H3,(H,22,27). The summed E-state index contributed by atoms with van der Waals surface area (Å²) in [6.45, 7) is 7.72. The van der Waals surface area contributed by atoms with Crippen LogP contribution in [0.15, 0.2) is 51.1 Å². The Hall–Kier alpha value is -2.83. The van der Waals surface area contributed by atoms with Gasteiger partial charge in [0, 0.05) is 18.8 Å². The van der Waals surface area contributed by atoms with Crippen molar-refractivity contribution in [3.63, 3.8) is 0 Å². The maximum atomic E-state index is 12.9. The molecule has 3 aromatic rings. The number of hydrogen-bond acceptors (Lipinski definition) is 8. The maximum absolute atomic E-state index is 12.9. The molecular weight excluding hydrogens is 452 g/mol. The quantitative estimate of drug-likeness (QED) is 0.354. The van der Waals surface area contributed by atoms with Crippen LogP contribution in [0.5, 0.6) is 0 Å². The lowest BCUT2D eigenvalue weighted by Gasteiger charge is -2.20. The van der Waals surface area contributed by atoms with E-state index < -0.39 is 15.3 Å². The minimum atomic E-state index is -3.65. The van der Waals surface area contributed by atoms with E-state index in [0.717, 1.165) is 11.8 Å². The second kappa shape index (κ2) is 9.76. The normalized spacial score (nSPS) is 12.8. The van der Waals surface area contributed by atoms with Gasteiger partial charge < -0.3 is 15.6 Å². The first-order valence-electron chi connectivity index (χ1n) is 10.0. The number of anilines is 1. The number of nitrogens with two attached hydrogens (primary N) is 1. The fourth-order valence-electron chi connectivity index (χ4n) is 3.05. The van der Waals surface area contributed by atoms with E-state index in [9.17, 15) is 13.2 Å². The number of aromatic nitrogens is 3. The number of nitrogens with zero attached hydrogens (tertiary/aromatic N) is 4. The van der Waals surface area contributed by atoms with Crippen LogP contribution >= 0.6 is 11.8 Å². The van der Waals surface area contributed by atoms with E-state index in [4.69, 9.17) is 10.3 Å². The van der Waals surface area contributed by atoms with E-state index in [-0.39, 0.29) is 10.8 Å². The highest BCUT2D eigenvalue weighted by atomic mass is 32.2. The molecule has 1 aromatic carbocycles. The van der Waals surface area contributed by atoms with E-state index >= 15 is 0 Å². The predicted octanol–water partition coefficient (Wildman–Crippen LogP) is 2.71. The Morgan fingerprint density at radius 3 is 2.62 bits per heavy atom. The number of nitrogen functional groups attached to an aromatic ring is 1. The first-order valence-corrected chi connectivity index (χ1v) is 12.3. The van der Waals surface area contributed by atoms with Crippen molar-refractivity contribution in [2.75, 3.05) is 24.2 Å². The van der Waals surface area contributed by atoms with Crippen molar-refractivity contribution in [3.8, 4) is 11.6 Å². The lowest BCUT2D eigenvalue weighted by molar-refractivity contribution is -0.115. The molecular formula is C20H26N6O4S2. The summed E-state index contributed by atoms with van der Waals surface area (Å²) in [7, 11) is -3.65. The predicted molar refractivity (Wildman–Crippen MR) is 123 cm³/mol. The minimum Gasteiger partial charge on any atom is -0.461 e. The van der Waals surface area contributed by atoms with Crippen LogP contribution < -0.4 is 11.2 Å². The van der Waals surface area contributed by atoms with E-state index in [1.165, 1.54) is 21.3 Å². The molecule has 172 valence electrons. The highest BCUT2D eigenvalue weighted by Crippen LogP contribution is 2.27. The smallest absolute Gasteiger partial charge is 0.243 e. The summed E-state index contributed by atoms with van der Waals surface area (Å²) in [5.41, 5.74) is 1.00. The number of amides is 1. The Labute approximate surface area is 191 Å². The molecule has 3 rings (SSSR count). The van der Waals surface area contributed by atoms with Gasteiger partial charge in [-0.25, -0.2) is 13.1 Å². The zero-order valence-corrected chi connectivity index (χ0v) is 19.9. The zero-order valence-electron chi connectivity index (χ0n) is 18.3. The van der Waals surface area contributed by atoms with Gasteiger partial charge in [-0.2, -0.15) is 4.31 Å². The van der Waals surface area contributed by atoms with Crippen molar-refractivity contribution in [2.24, 2.45) is 0 Å². The van der Waals surface area contributed by atoms with Gasteiger partial charge in [0.05, 0.1) is 16.4 Å². The molecule has 12 heteroatoms. The van der Waals surface area contributed by atoms with Crippen molar-refractivity contribution < 1.29 is 17.6 Å². The molecule has 0 saturated heterocycles. The molecule has 1 atom stereocenters. The van der Waals surface area contributed by atoms with Gasteiger partial charge in [0.2, 0.25) is 26.9 Å². The molecule has 0 aliphatic carbocycles. The fraction of sp³-hybridized carbons (Fsp3) is 0.350. The number of nitrogens with one attached hydrogen (secondary N) is 1. The van der Waals surface area contributed by atoms with Crippen LogP contribution in [-0.2, 0) is 14.8 Å². The van der Waals surface area contributed by atoms with Gasteiger partial charge in [0.25, 0.3) is 0 Å². The van der Waals surface area contributed by atoms with Gasteiger partial charge in [0.15, 0.2) is 5.76 Å². The minimum absolute atomic E-state index is 0.170. The van der Waals surface area contributed by atoms with Crippen LogP contribution in [0.3, 0.4) is 0 Å². The Morgan fingerprint density at radius 2 is 2.00 bits per heavy atom. The number of thioether (sulfide) groups is 1. The van der Waals surface area contributed by atoms with Crippen LogP contribution in [0, 0.1) is 6.92 Å². The molecule has 0 spiro atoms. The number of rotatable bonds is 9. The molecule has 0 bridgehead atoms. The van der Waals surface area contributed by atoms with E-state index in [0.29, 0.717) is 41.1 Å². The summed E-state index contributed by atoms with van der Waals surface area (Å²) in [6.07, 6.45) is 1.50. The van der Waals surface area contributed by atoms with Crippen molar-refractivity contribution in [1.29, 1.82) is 0 Å². The third kappa shape index (κ3) is 4.81. The van der Waals surface area contributed by atoms with Gasteiger partial charge in [0.1, 0.15) is 0 Å². The molecule has 0 saturated carbocycles. The van der Waals surface area contributed by atoms with Crippen LogP contribution in [-0.4, -0.2) is 51.8 Å². The molecule has 1 unspecified atom stereocenters. The lowest BCUT2D eigenvalue weighted by atomic mass is 10.2. The van der Waals surface area contributed by atoms with Crippen LogP contribution in [0.25, 0.3) is 11.6 Å². The topological polar surface area (TPSA) is 136 Å². The average Bonchev–Trinajstić information content (AvgIpc) is 3.40. The highest BCUT2D eigenvalue weighted by molar-refractivity contribution is 8.00. The Bertz CT molecular complexity index is 1190. The van der Waals surface area contributed by atoms with Crippen LogP contribution in [0.4, 0.5) is 5.69 Å². The fourth-order valence-corrected chi connectivity index (χ4v) is 5.52. The number of hydrogen-bond donors (Lipinski definition) is 2. The largest absolute Gasteiger partial charge is 0.461 e. The molecule has 0 radical (unpaired) electrons. The number of carbonyl (C=O) groups is 1. The summed E-state index contributed by atoms with van der Waals surface area (Å²) in [4.78, 5) is 12.9. The molecule has 1 amide bonds. The van der Waals surface area contributed by atoms with E-state index in [2.05, 4.69) is 15.5 Å². The monoisotopic (exact) mass is 478 g/mol. The van der Waals surface area contributed by atoms with Gasteiger partial charge in [-0.05, 0) is 43.7 Å². The van der Waals surface area contributed by atoms with Gasteiger partial charge in [-0.3, -0.25) is 4.79 Å². The van der Waals surface area contributed by atoms with Gasteiger partial charge in [-0.15, -0.1) is 10.2 Å². The lowest BCUT2D eigenvalue weighted by Crippen LogP contribution is -2.31. The second-order valence-electron chi connectivity index (χ2n) is 6.97. The SMILES string of the molecule is CCN(CC)S(=O)(=O)c1cc(NC(=O)C(C)Sc2nnc(-c3ccco3)n2N)ccc1C. The Balaban J connectivity index is 1.75. The van der Waals surface area contributed by atoms with Gasteiger partial charge >= 0.3 is 0 Å². The average molecular weight is 479 g/mol. The Kier molecular flexibility index (Phi) is 7.26. The zero-order chi connectivity index (χ0) is 23.5. The number of carbonyl (C=O) groups excluding carboxylic acids is 1. The maximum Gasteiger partial charge on any atom is 0.243 e. The highest BCUT2D eigenvalue weighted by Gasteiger charge is 2.25. The molecule has 0 aliphatic heterocycles. The number of furan rings is 1. The summed E-state index contributed by atoms with van der Waals surface area (Å²) < 4.78 is 33.8. The summed E-state index contributed by atoms with van der Waals surface area (Å²) >= 11 is 1.12. The first kappa shape index (κ1) is 23.8. The number of sulfonamides is 1. The second-order valence-corrected chi connectivity index (χ2v) is 10.2. The molecule has 2 aromatic heterocycles. The molecule has 32 heavy (non-hydrogen) atoms. The molecule has 10 nitrogen and oxygen atoms in total. The number of aryl methyl sites for hydroxylation is 1. The van der Waals surface area contributed by atoms with Crippen molar-refractivity contribution in [1.82, 2.24) is 19.2 Å². The molecule has 0 fully saturated rings. The van der Waals surface area contributed by atoms with Crippen molar-refractivity contribution >= 4 is 33.4 Å². The van der Waals surface area contributed by atoms with Crippen LogP contribution in [0.2, 0.25) is 0 Å². The van der Waals surface area contributed by atoms with Crippen molar-refractivity contribution in [3.05, 3.63) is 42.2 Å². The summed E-state index contributed by atoms with van der Waals surface area (Å²) in [5, 5.41) is 10.6. The summed E-state index contributed by atoms with van der Waals surface area (Å²) in [5.74, 6) is 6.52.